The van der Waals surface area contributed by atoms with Crippen LogP contribution in [-0.2, 0) is 4.74 Å². The zero-order chi connectivity index (χ0) is 20.1. The summed E-state index contributed by atoms with van der Waals surface area (Å²) in [5.74, 6) is -0.803. The third-order valence-corrected chi connectivity index (χ3v) is 4.96. The molecule has 0 bridgehead atoms. The van der Waals surface area contributed by atoms with Crippen molar-refractivity contribution in [2.75, 3.05) is 19.7 Å². The molecule has 0 unspecified atom stereocenters. The highest BCUT2D eigenvalue weighted by molar-refractivity contribution is 5.94. The number of benzene rings is 2. The standard InChI is InChI=1S/C21H24N2O5/c1-21(13-23(27)20(26)16-10-6-3-7-11-16)14-28-17(18(21)24)12-22-19(25)15-8-4-2-5-9-15/h2-11,17-18,24,27H,12-14H2,1H3,(H,22,25)/t17-,18+,21+/m1/s1. The highest BCUT2D eigenvalue weighted by atomic mass is 16.5. The maximum absolute atomic E-state index is 12.3. The Morgan fingerprint density at radius 1 is 1.11 bits per heavy atom. The Kier molecular flexibility index (Phi) is 6.08. The normalized spacial score (nSPS) is 24.0. The summed E-state index contributed by atoms with van der Waals surface area (Å²) in [5.41, 5.74) is 0.0165. The van der Waals surface area contributed by atoms with E-state index in [9.17, 15) is 19.9 Å². The fraction of sp³-hybridized carbons (Fsp3) is 0.333. The molecule has 0 radical (unpaired) electrons. The Bertz CT molecular complexity index is 814. The van der Waals surface area contributed by atoms with Crippen LogP contribution in [0.15, 0.2) is 60.7 Å². The van der Waals surface area contributed by atoms with Crippen LogP contribution >= 0.6 is 0 Å². The predicted octanol–water partition coefficient (Wildman–Crippen LogP) is 1.71. The molecule has 148 valence electrons. The first kappa shape index (κ1) is 20.0. The summed E-state index contributed by atoms with van der Waals surface area (Å²) in [4.78, 5) is 24.5. The molecule has 1 aliphatic rings. The highest BCUT2D eigenvalue weighted by Gasteiger charge is 2.47. The molecule has 3 atom stereocenters. The molecule has 0 aliphatic carbocycles. The fourth-order valence-electron chi connectivity index (χ4n) is 3.26. The average molecular weight is 384 g/mol. The molecule has 7 heteroatoms. The molecule has 1 fully saturated rings. The number of aliphatic hydroxyl groups is 1. The number of carbonyl (C=O) groups is 2. The summed E-state index contributed by atoms with van der Waals surface area (Å²) < 4.78 is 5.64. The lowest BCUT2D eigenvalue weighted by atomic mass is 9.84. The minimum Gasteiger partial charge on any atom is -0.390 e. The number of hydrogen-bond acceptors (Lipinski definition) is 5. The average Bonchev–Trinajstić information content (AvgIpc) is 3.00. The molecular formula is C21H24N2O5. The Morgan fingerprint density at radius 3 is 2.29 bits per heavy atom. The lowest BCUT2D eigenvalue weighted by Crippen LogP contribution is -2.47. The van der Waals surface area contributed by atoms with Crippen LogP contribution < -0.4 is 5.32 Å². The van der Waals surface area contributed by atoms with Crippen LogP contribution in [0.2, 0.25) is 0 Å². The van der Waals surface area contributed by atoms with E-state index >= 15 is 0 Å². The lowest BCUT2D eigenvalue weighted by Gasteiger charge is -2.31. The first-order chi connectivity index (χ1) is 13.4. The summed E-state index contributed by atoms with van der Waals surface area (Å²) in [7, 11) is 0. The van der Waals surface area contributed by atoms with Crippen molar-refractivity contribution in [1.82, 2.24) is 10.4 Å². The maximum atomic E-state index is 12.3. The van der Waals surface area contributed by atoms with E-state index in [1.807, 2.05) is 6.07 Å². The van der Waals surface area contributed by atoms with Crippen LogP contribution in [0.5, 0.6) is 0 Å². The van der Waals surface area contributed by atoms with Crippen LogP contribution in [0, 0.1) is 5.41 Å². The third-order valence-electron chi connectivity index (χ3n) is 4.96. The minimum atomic E-state index is -0.957. The van der Waals surface area contributed by atoms with Crippen LogP contribution in [-0.4, -0.2) is 59.1 Å². The molecule has 3 rings (SSSR count). The van der Waals surface area contributed by atoms with Gasteiger partial charge in [-0.05, 0) is 24.3 Å². The first-order valence-corrected chi connectivity index (χ1v) is 9.09. The molecule has 3 N–H and O–H groups in total. The van der Waals surface area contributed by atoms with Gasteiger partial charge in [-0.15, -0.1) is 0 Å². The van der Waals surface area contributed by atoms with E-state index in [1.54, 1.807) is 61.5 Å². The molecule has 28 heavy (non-hydrogen) atoms. The van der Waals surface area contributed by atoms with Crippen molar-refractivity contribution in [1.29, 1.82) is 0 Å². The maximum Gasteiger partial charge on any atom is 0.277 e. The zero-order valence-electron chi connectivity index (χ0n) is 15.6. The van der Waals surface area contributed by atoms with E-state index in [4.69, 9.17) is 4.74 Å². The Hall–Kier alpha value is -2.74. The Labute approximate surface area is 163 Å². The fourth-order valence-corrected chi connectivity index (χ4v) is 3.26. The smallest absolute Gasteiger partial charge is 0.277 e. The second-order valence-corrected chi connectivity index (χ2v) is 7.25. The number of nitrogens with one attached hydrogen (secondary N) is 1. The SMILES string of the molecule is C[C@]1(CN(O)C(=O)c2ccccc2)CO[C@H](CNC(=O)c2ccccc2)[C@@H]1O. The number of carbonyl (C=O) groups excluding carboxylic acids is 2. The molecule has 1 aliphatic heterocycles. The summed E-state index contributed by atoms with van der Waals surface area (Å²) in [6, 6.07) is 17.2. The molecule has 1 heterocycles. The number of hydroxylamine groups is 2. The lowest BCUT2D eigenvalue weighted by molar-refractivity contribution is -0.0940. The van der Waals surface area contributed by atoms with Gasteiger partial charge in [0, 0.05) is 23.1 Å². The van der Waals surface area contributed by atoms with Gasteiger partial charge in [0.15, 0.2) is 0 Å². The topological polar surface area (TPSA) is 99.1 Å². The van der Waals surface area contributed by atoms with Gasteiger partial charge in [0.05, 0.1) is 19.3 Å². The highest BCUT2D eigenvalue weighted by Crippen LogP contribution is 2.33. The van der Waals surface area contributed by atoms with Gasteiger partial charge in [0.1, 0.15) is 6.10 Å². The molecule has 0 saturated carbocycles. The van der Waals surface area contributed by atoms with E-state index in [1.165, 1.54) is 0 Å². The van der Waals surface area contributed by atoms with Gasteiger partial charge in [0.25, 0.3) is 11.8 Å². The first-order valence-electron chi connectivity index (χ1n) is 9.09. The van der Waals surface area contributed by atoms with Crippen molar-refractivity contribution in [3.05, 3.63) is 71.8 Å². The van der Waals surface area contributed by atoms with E-state index in [-0.39, 0.29) is 25.6 Å². The third kappa shape index (κ3) is 4.39. The summed E-state index contributed by atoms with van der Waals surface area (Å²) in [6.45, 7) is 1.92. The second-order valence-electron chi connectivity index (χ2n) is 7.25. The zero-order valence-corrected chi connectivity index (χ0v) is 15.6. The molecular weight excluding hydrogens is 360 g/mol. The van der Waals surface area contributed by atoms with Gasteiger partial charge in [-0.25, -0.2) is 5.06 Å². The summed E-state index contributed by atoms with van der Waals surface area (Å²) in [6.07, 6.45) is -1.58. The molecule has 2 aromatic rings. The summed E-state index contributed by atoms with van der Waals surface area (Å²) in [5, 5.41) is 24.2. The van der Waals surface area contributed by atoms with Gasteiger partial charge < -0.3 is 15.2 Å². The number of aliphatic hydroxyl groups excluding tert-OH is 1. The minimum absolute atomic E-state index is 0.0922. The van der Waals surface area contributed by atoms with E-state index in [2.05, 4.69) is 5.32 Å². The second kappa shape index (κ2) is 8.52. The van der Waals surface area contributed by atoms with Crippen LogP contribution in [0.1, 0.15) is 27.6 Å². The van der Waals surface area contributed by atoms with Gasteiger partial charge in [-0.3, -0.25) is 14.8 Å². The number of rotatable bonds is 6. The van der Waals surface area contributed by atoms with Crippen molar-refractivity contribution in [3.8, 4) is 0 Å². The van der Waals surface area contributed by atoms with Crippen molar-refractivity contribution < 1.29 is 24.6 Å². The molecule has 2 aromatic carbocycles. The van der Waals surface area contributed by atoms with Crippen molar-refractivity contribution in [2.45, 2.75) is 19.1 Å². The molecule has 0 spiro atoms. The molecule has 1 saturated heterocycles. The van der Waals surface area contributed by atoms with E-state index in [0.717, 1.165) is 0 Å². The quantitative estimate of drug-likeness (QED) is 0.520. The van der Waals surface area contributed by atoms with Gasteiger partial charge in [0.2, 0.25) is 0 Å². The number of hydrogen-bond donors (Lipinski definition) is 3. The van der Waals surface area contributed by atoms with Crippen molar-refractivity contribution in [3.63, 3.8) is 0 Å². The van der Waals surface area contributed by atoms with Crippen molar-refractivity contribution >= 4 is 11.8 Å². The van der Waals surface area contributed by atoms with Crippen molar-refractivity contribution in [2.24, 2.45) is 5.41 Å². The number of nitrogens with zero attached hydrogens (tertiary/aromatic N) is 1. The summed E-state index contributed by atoms with van der Waals surface area (Å²) >= 11 is 0. The van der Waals surface area contributed by atoms with Crippen LogP contribution in [0.4, 0.5) is 0 Å². The Morgan fingerprint density at radius 2 is 1.68 bits per heavy atom. The monoisotopic (exact) mass is 384 g/mol. The molecule has 7 nitrogen and oxygen atoms in total. The number of ether oxygens (including phenoxy) is 1. The van der Waals surface area contributed by atoms with Crippen LogP contribution in [0.25, 0.3) is 0 Å². The van der Waals surface area contributed by atoms with Crippen LogP contribution in [0.3, 0.4) is 0 Å². The van der Waals surface area contributed by atoms with Gasteiger partial charge in [-0.1, -0.05) is 43.3 Å². The Balaban J connectivity index is 1.56. The molecule has 0 aromatic heterocycles. The van der Waals surface area contributed by atoms with E-state index in [0.29, 0.717) is 16.2 Å². The largest absolute Gasteiger partial charge is 0.390 e. The number of amides is 2. The van der Waals surface area contributed by atoms with E-state index < -0.39 is 23.5 Å². The van der Waals surface area contributed by atoms with Gasteiger partial charge in [-0.2, -0.15) is 0 Å². The van der Waals surface area contributed by atoms with Gasteiger partial charge >= 0.3 is 0 Å². The molecule has 2 amide bonds. The predicted molar refractivity (Wildman–Crippen MR) is 102 cm³/mol.